The van der Waals surface area contributed by atoms with Crippen LogP contribution in [-0.4, -0.2) is 16.0 Å². The number of rotatable bonds is 2. The summed E-state index contributed by atoms with van der Waals surface area (Å²) in [5, 5.41) is 7.85. The van der Waals surface area contributed by atoms with Crippen molar-refractivity contribution in [3.05, 3.63) is 51.3 Å². The van der Waals surface area contributed by atoms with Crippen LogP contribution >= 0.6 is 23.2 Å². The third kappa shape index (κ3) is 2.53. The van der Waals surface area contributed by atoms with Gasteiger partial charge in [0.1, 0.15) is 0 Å². The number of fused-ring (bicyclic) bond motifs is 1. The van der Waals surface area contributed by atoms with Crippen LogP contribution in [0.1, 0.15) is 21.7 Å². The van der Waals surface area contributed by atoms with E-state index < -0.39 is 0 Å². The van der Waals surface area contributed by atoms with Gasteiger partial charge in [-0.15, -0.1) is 0 Å². The standard InChI is InChI=1S/C15H11Cl2N3O2/c1-7-6-9(12-8(2)20-22-15(12)18-7)14(21)19-11-5-3-4-10(16)13(11)17/h3-6H,1-2H3,(H,19,21). The fourth-order valence-electron chi connectivity index (χ4n) is 2.19. The molecule has 0 unspecified atom stereocenters. The van der Waals surface area contributed by atoms with Crippen molar-refractivity contribution in [3.63, 3.8) is 0 Å². The molecule has 5 nitrogen and oxygen atoms in total. The SMILES string of the molecule is Cc1cc(C(=O)Nc2cccc(Cl)c2Cl)c2c(C)noc2n1. The molecule has 3 rings (SSSR count). The van der Waals surface area contributed by atoms with Crippen molar-refractivity contribution in [1.82, 2.24) is 10.1 Å². The monoisotopic (exact) mass is 335 g/mol. The summed E-state index contributed by atoms with van der Waals surface area (Å²) in [6.45, 7) is 3.53. The van der Waals surface area contributed by atoms with Crippen molar-refractivity contribution >= 4 is 45.9 Å². The number of aryl methyl sites for hydroxylation is 2. The van der Waals surface area contributed by atoms with Gasteiger partial charge < -0.3 is 9.84 Å². The summed E-state index contributed by atoms with van der Waals surface area (Å²) in [6, 6.07) is 6.72. The van der Waals surface area contributed by atoms with Crippen LogP contribution in [0, 0.1) is 13.8 Å². The fraction of sp³-hybridized carbons (Fsp3) is 0.133. The molecule has 0 aliphatic carbocycles. The molecule has 0 radical (unpaired) electrons. The highest BCUT2D eigenvalue weighted by molar-refractivity contribution is 6.44. The lowest BCUT2D eigenvalue weighted by atomic mass is 10.1. The third-order valence-corrected chi connectivity index (χ3v) is 4.01. The molecule has 0 bridgehead atoms. The van der Waals surface area contributed by atoms with Crippen LogP contribution in [0.3, 0.4) is 0 Å². The van der Waals surface area contributed by atoms with E-state index in [0.717, 1.165) is 0 Å². The highest BCUT2D eigenvalue weighted by Gasteiger charge is 2.18. The van der Waals surface area contributed by atoms with Gasteiger partial charge in [0.15, 0.2) is 0 Å². The average Bonchev–Trinajstić information content (AvgIpc) is 2.84. The molecule has 0 fully saturated rings. The Hall–Kier alpha value is -2.11. The Labute approximate surface area is 136 Å². The van der Waals surface area contributed by atoms with Gasteiger partial charge >= 0.3 is 0 Å². The zero-order chi connectivity index (χ0) is 15.9. The Balaban J connectivity index is 2.06. The second-order valence-electron chi connectivity index (χ2n) is 4.81. The normalized spacial score (nSPS) is 10.9. The Morgan fingerprint density at radius 2 is 2.05 bits per heavy atom. The predicted octanol–water partition coefficient (Wildman–Crippen LogP) is 4.40. The van der Waals surface area contributed by atoms with Gasteiger partial charge in [-0.3, -0.25) is 4.79 Å². The van der Waals surface area contributed by atoms with Crippen LogP contribution in [-0.2, 0) is 0 Å². The molecule has 1 N–H and O–H groups in total. The molecule has 1 amide bonds. The minimum atomic E-state index is -0.328. The lowest BCUT2D eigenvalue weighted by Gasteiger charge is -2.09. The molecule has 1 aromatic carbocycles. The quantitative estimate of drug-likeness (QED) is 0.753. The van der Waals surface area contributed by atoms with E-state index >= 15 is 0 Å². The molecule has 0 atom stereocenters. The number of carbonyl (C=O) groups excluding carboxylic acids is 1. The summed E-state index contributed by atoms with van der Waals surface area (Å²) in [6.07, 6.45) is 0. The summed E-state index contributed by atoms with van der Waals surface area (Å²) in [5.41, 5.74) is 2.46. The molecular weight excluding hydrogens is 325 g/mol. The molecule has 0 spiro atoms. The molecule has 7 heteroatoms. The molecule has 22 heavy (non-hydrogen) atoms. The van der Waals surface area contributed by atoms with Gasteiger partial charge in [-0.05, 0) is 32.0 Å². The van der Waals surface area contributed by atoms with Gasteiger partial charge in [-0.25, -0.2) is 4.98 Å². The zero-order valence-electron chi connectivity index (χ0n) is 11.8. The molecule has 0 saturated heterocycles. The highest BCUT2D eigenvalue weighted by atomic mass is 35.5. The number of anilines is 1. The smallest absolute Gasteiger partial charge is 0.258 e. The maximum Gasteiger partial charge on any atom is 0.258 e. The summed E-state index contributed by atoms with van der Waals surface area (Å²) in [4.78, 5) is 16.8. The number of nitrogens with zero attached hydrogens (tertiary/aromatic N) is 2. The van der Waals surface area contributed by atoms with Gasteiger partial charge in [0.05, 0.1) is 32.4 Å². The van der Waals surface area contributed by atoms with Crippen LogP contribution < -0.4 is 5.32 Å². The minimum Gasteiger partial charge on any atom is -0.336 e. The van der Waals surface area contributed by atoms with Gasteiger partial charge in [-0.1, -0.05) is 34.4 Å². The Morgan fingerprint density at radius 3 is 2.82 bits per heavy atom. The van der Waals surface area contributed by atoms with E-state index in [1.54, 1.807) is 38.1 Å². The fourth-order valence-corrected chi connectivity index (χ4v) is 2.53. The number of hydrogen-bond donors (Lipinski definition) is 1. The lowest BCUT2D eigenvalue weighted by Crippen LogP contribution is -2.13. The molecule has 112 valence electrons. The van der Waals surface area contributed by atoms with E-state index in [0.29, 0.717) is 43.8 Å². The molecule has 2 aromatic heterocycles. The molecule has 2 heterocycles. The second-order valence-corrected chi connectivity index (χ2v) is 5.60. The zero-order valence-corrected chi connectivity index (χ0v) is 13.3. The van der Waals surface area contributed by atoms with E-state index in [9.17, 15) is 4.79 Å². The summed E-state index contributed by atoms with van der Waals surface area (Å²) < 4.78 is 5.13. The minimum absolute atomic E-state index is 0.293. The number of pyridine rings is 1. The topological polar surface area (TPSA) is 68.0 Å². The third-order valence-electron chi connectivity index (χ3n) is 3.19. The average molecular weight is 336 g/mol. The van der Waals surface area contributed by atoms with Gasteiger partial charge in [0, 0.05) is 5.69 Å². The maximum absolute atomic E-state index is 12.6. The van der Waals surface area contributed by atoms with E-state index in [1.807, 2.05) is 0 Å². The first-order chi connectivity index (χ1) is 10.5. The van der Waals surface area contributed by atoms with Gasteiger partial charge in [0.2, 0.25) is 0 Å². The maximum atomic E-state index is 12.6. The molecule has 0 aliphatic heterocycles. The predicted molar refractivity (Wildman–Crippen MR) is 85.7 cm³/mol. The first-order valence-corrected chi connectivity index (χ1v) is 7.22. The first kappa shape index (κ1) is 14.8. The first-order valence-electron chi connectivity index (χ1n) is 6.46. The van der Waals surface area contributed by atoms with Crippen molar-refractivity contribution in [1.29, 1.82) is 0 Å². The van der Waals surface area contributed by atoms with Crippen molar-refractivity contribution in [2.24, 2.45) is 0 Å². The highest BCUT2D eigenvalue weighted by Crippen LogP contribution is 2.30. The van der Waals surface area contributed by atoms with Crippen molar-refractivity contribution in [3.8, 4) is 0 Å². The molecule has 0 saturated carbocycles. The summed E-state index contributed by atoms with van der Waals surface area (Å²) in [5.74, 6) is -0.328. The number of hydrogen-bond acceptors (Lipinski definition) is 4. The Morgan fingerprint density at radius 1 is 1.27 bits per heavy atom. The molecule has 0 aliphatic rings. The van der Waals surface area contributed by atoms with Gasteiger partial charge in [0.25, 0.3) is 11.6 Å². The number of halogens is 2. The van der Waals surface area contributed by atoms with Crippen molar-refractivity contribution in [2.75, 3.05) is 5.32 Å². The van der Waals surface area contributed by atoms with Crippen LogP contribution in [0.5, 0.6) is 0 Å². The summed E-state index contributed by atoms with van der Waals surface area (Å²) >= 11 is 12.0. The van der Waals surface area contributed by atoms with E-state index in [1.165, 1.54) is 0 Å². The molecular formula is C15H11Cl2N3O2. The van der Waals surface area contributed by atoms with Crippen LogP contribution in [0.15, 0.2) is 28.8 Å². The van der Waals surface area contributed by atoms with Crippen molar-refractivity contribution < 1.29 is 9.32 Å². The number of benzene rings is 1. The second kappa shape index (κ2) is 5.59. The summed E-state index contributed by atoms with van der Waals surface area (Å²) in [7, 11) is 0. The number of nitrogens with one attached hydrogen (secondary N) is 1. The van der Waals surface area contributed by atoms with Crippen LogP contribution in [0.4, 0.5) is 5.69 Å². The van der Waals surface area contributed by atoms with E-state index in [4.69, 9.17) is 27.7 Å². The Bertz CT molecular complexity index is 890. The number of amides is 1. The van der Waals surface area contributed by atoms with Crippen molar-refractivity contribution in [2.45, 2.75) is 13.8 Å². The molecule has 3 aromatic rings. The van der Waals surface area contributed by atoms with E-state index in [2.05, 4.69) is 15.5 Å². The number of carbonyl (C=O) groups is 1. The van der Waals surface area contributed by atoms with Crippen LogP contribution in [0.2, 0.25) is 10.0 Å². The Kier molecular flexibility index (Phi) is 3.76. The largest absolute Gasteiger partial charge is 0.336 e. The van der Waals surface area contributed by atoms with Gasteiger partial charge in [-0.2, -0.15) is 0 Å². The number of aromatic nitrogens is 2. The lowest BCUT2D eigenvalue weighted by molar-refractivity contribution is 0.102. The van der Waals surface area contributed by atoms with Crippen LogP contribution in [0.25, 0.3) is 11.1 Å². The van der Waals surface area contributed by atoms with E-state index in [-0.39, 0.29) is 5.91 Å².